The van der Waals surface area contributed by atoms with E-state index in [9.17, 15) is 0 Å². The van der Waals surface area contributed by atoms with Gasteiger partial charge in [-0.2, -0.15) is 0 Å². The topological polar surface area (TPSA) is 53.3 Å². The first-order chi connectivity index (χ1) is 17.3. The third kappa shape index (κ3) is 6.04. The van der Waals surface area contributed by atoms with Crippen LogP contribution < -0.4 is 0 Å². The molecule has 0 bridgehead atoms. The predicted molar refractivity (Wildman–Crippen MR) is 140 cm³/mol. The molecular weight excluding hydrogens is 434 g/mol. The third-order valence-corrected chi connectivity index (χ3v) is 7.45. The second-order valence-corrected chi connectivity index (χ2v) is 9.75. The molecule has 2 fully saturated rings. The van der Waals surface area contributed by atoms with Gasteiger partial charge in [0, 0.05) is 45.3 Å². The molecule has 2 saturated heterocycles. The van der Waals surface area contributed by atoms with Gasteiger partial charge >= 0.3 is 0 Å². The summed E-state index contributed by atoms with van der Waals surface area (Å²) < 4.78 is 2.04. The van der Waals surface area contributed by atoms with E-state index < -0.39 is 0 Å². The van der Waals surface area contributed by atoms with Crippen molar-refractivity contribution in [3.63, 3.8) is 0 Å². The smallest absolute Gasteiger partial charge is 0.173 e. The van der Waals surface area contributed by atoms with Gasteiger partial charge in [0.2, 0.25) is 0 Å². The fourth-order valence-corrected chi connectivity index (χ4v) is 5.38. The molecule has 3 heterocycles. The van der Waals surface area contributed by atoms with E-state index in [0.717, 1.165) is 51.6 Å². The molecule has 0 amide bonds. The Balaban J connectivity index is 1.25. The Hall–Kier alpha value is -2.87. The maximum absolute atomic E-state index is 4.55. The Morgan fingerprint density at radius 3 is 2.37 bits per heavy atom. The SMILES string of the molecule is CC1CCCN1CCn1nnnc1C(c1ccccc1)N1CCN(C/C=C/c2ccccc2)CC1. The fourth-order valence-electron chi connectivity index (χ4n) is 5.38. The van der Waals surface area contributed by atoms with Crippen molar-refractivity contribution in [2.24, 2.45) is 0 Å². The minimum atomic E-state index is 0.0733. The average molecular weight is 472 g/mol. The van der Waals surface area contributed by atoms with E-state index in [-0.39, 0.29) is 6.04 Å². The van der Waals surface area contributed by atoms with Crippen LogP contribution in [0.25, 0.3) is 6.08 Å². The van der Waals surface area contributed by atoms with Crippen molar-refractivity contribution in [2.45, 2.75) is 38.4 Å². The number of likely N-dealkylation sites (tertiary alicyclic amines) is 1. The standard InChI is InChI=1S/C28H37N7/c1-24-10-8-17-33(24)22-23-35-28(29-30-31-35)27(26-14-6-3-7-15-26)34-20-18-32(19-21-34)16-9-13-25-11-4-2-5-12-25/h2-7,9,11-15,24,27H,8,10,16-23H2,1H3/b13-9+. The molecule has 5 rings (SSSR count). The van der Waals surface area contributed by atoms with Crippen LogP contribution >= 0.6 is 0 Å². The van der Waals surface area contributed by atoms with E-state index in [4.69, 9.17) is 0 Å². The highest BCUT2D eigenvalue weighted by Gasteiger charge is 2.30. The number of rotatable bonds is 9. The van der Waals surface area contributed by atoms with Gasteiger partial charge in [0.1, 0.15) is 0 Å². The molecule has 1 aromatic heterocycles. The van der Waals surface area contributed by atoms with Crippen LogP contribution in [0.3, 0.4) is 0 Å². The molecule has 0 aliphatic carbocycles. The zero-order valence-electron chi connectivity index (χ0n) is 20.8. The summed E-state index contributed by atoms with van der Waals surface area (Å²) in [7, 11) is 0. The van der Waals surface area contributed by atoms with E-state index in [0.29, 0.717) is 6.04 Å². The molecule has 2 aliphatic heterocycles. The summed E-state index contributed by atoms with van der Waals surface area (Å²) in [5.41, 5.74) is 2.51. The van der Waals surface area contributed by atoms with Gasteiger partial charge < -0.3 is 0 Å². The number of nitrogens with zero attached hydrogens (tertiary/aromatic N) is 7. The van der Waals surface area contributed by atoms with E-state index in [1.807, 2.05) is 4.68 Å². The lowest BCUT2D eigenvalue weighted by Gasteiger charge is -2.38. The van der Waals surface area contributed by atoms with Gasteiger partial charge in [0.25, 0.3) is 0 Å². The number of hydrogen-bond acceptors (Lipinski definition) is 6. The van der Waals surface area contributed by atoms with Crippen LogP contribution in [0.5, 0.6) is 0 Å². The molecule has 2 atom stereocenters. The van der Waals surface area contributed by atoms with Crippen LogP contribution in [0, 0.1) is 0 Å². The Kier molecular flexibility index (Phi) is 7.98. The largest absolute Gasteiger partial charge is 0.299 e. The quantitative estimate of drug-likeness (QED) is 0.476. The molecule has 0 spiro atoms. The lowest BCUT2D eigenvalue weighted by Crippen LogP contribution is -2.48. The molecule has 0 saturated carbocycles. The Morgan fingerprint density at radius 1 is 0.914 bits per heavy atom. The molecular formula is C28H37N7. The molecule has 184 valence electrons. The van der Waals surface area contributed by atoms with Crippen LogP contribution in [-0.2, 0) is 6.54 Å². The molecule has 2 aromatic carbocycles. The molecule has 35 heavy (non-hydrogen) atoms. The van der Waals surface area contributed by atoms with E-state index >= 15 is 0 Å². The minimum Gasteiger partial charge on any atom is -0.299 e. The molecule has 7 nitrogen and oxygen atoms in total. The van der Waals surface area contributed by atoms with Crippen molar-refractivity contribution in [2.75, 3.05) is 45.8 Å². The summed E-state index contributed by atoms with van der Waals surface area (Å²) in [6.45, 7) is 10.4. The number of piperazine rings is 1. The fraction of sp³-hybridized carbons (Fsp3) is 0.464. The van der Waals surface area contributed by atoms with Crippen LogP contribution in [0.15, 0.2) is 66.7 Å². The minimum absolute atomic E-state index is 0.0733. The van der Waals surface area contributed by atoms with Gasteiger partial charge in [0.15, 0.2) is 5.82 Å². The highest BCUT2D eigenvalue weighted by atomic mass is 15.6. The van der Waals surface area contributed by atoms with Crippen LogP contribution in [0.2, 0.25) is 0 Å². The molecule has 2 unspecified atom stereocenters. The summed E-state index contributed by atoms with van der Waals surface area (Å²) in [4.78, 5) is 7.63. The van der Waals surface area contributed by atoms with E-state index in [1.165, 1.54) is 30.5 Å². The van der Waals surface area contributed by atoms with Crippen molar-refractivity contribution in [3.8, 4) is 0 Å². The van der Waals surface area contributed by atoms with Crippen LogP contribution in [0.4, 0.5) is 0 Å². The highest BCUT2D eigenvalue weighted by molar-refractivity contribution is 5.48. The first-order valence-electron chi connectivity index (χ1n) is 13.0. The first kappa shape index (κ1) is 23.9. The van der Waals surface area contributed by atoms with Crippen LogP contribution in [0.1, 0.15) is 42.8 Å². The van der Waals surface area contributed by atoms with Gasteiger partial charge in [-0.15, -0.1) is 5.10 Å². The summed E-state index contributed by atoms with van der Waals surface area (Å²) in [5, 5.41) is 13.1. The van der Waals surface area contributed by atoms with Gasteiger partial charge in [0.05, 0.1) is 12.6 Å². The summed E-state index contributed by atoms with van der Waals surface area (Å²) >= 11 is 0. The lowest BCUT2D eigenvalue weighted by molar-refractivity contribution is 0.112. The third-order valence-electron chi connectivity index (χ3n) is 7.45. The second-order valence-electron chi connectivity index (χ2n) is 9.75. The number of tetrazole rings is 1. The number of aromatic nitrogens is 4. The average Bonchev–Trinajstić information content (AvgIpc) is 3.54. The van der Waals surface area contributed by atoms with Crippen molar-refractivity contribution in [3.05, 3.63) is 83.7 Å². The van der Waals surface area contributed by atoms with Gasteiger partial charge in [-0.05, 0) is 47.9 Å². The van der Waals surface area contributed by atoms with Crippen molar-refractivity contribution >= 4 is 6.08 Å². The lowest BCUT2D eigenvalue weighted by atomic mass is 10.0. The summed E-state index contributed by atoms with van der Waals surface area (Å²) in [6, 6.07) is 22.0. The zero-order chi connectivity index (χ0) is 23.9. The Labute approximate surface area is 209 Å². The predicted octanol–water partition coefficient (Wildman–Crippen LogP) is 3.58. The monoisotopic (exact) mass is 471 g/mol. The normalized spacial score (nSPS) is 21.1. The highest BCUT2D eigenvalue weighted by Crippen LogP contribution is 2.28. The van der Waals surface area contributed by atoms with Gasteiger partial charge in [-0.3, -0.25) is 14.7 Å². The summed E-state index contributed by atoms with van der Waals surface area (Å²) in [5.74, 6) is 0.959. The number of hydrogen-bond donors (Lipinski definition) is 0. The molecule has 0 N–H and O–H groups in total. The Bertz CT molecular complexity index is 1060. The zero-order valence-corrected chi connectivity index (χ0v) is 20.8. The maximum Gasteiger partial charge on any atom is 0.173 e. The molecule has 2 aliphatic rings. The van der Waals surface area contributed by atoms with Crippen molar-refractivity contribution < 1.29 is 0 Å². The Morgan fingerprint density at radius 2 is 1.66 bits per heavy atom. The number of benzene rings is 2. The van der Waals surface area contributed by atoms with E-state index in [1.54, 1.807) is 0 Å². The molecule has 0 radical (unpaired) electrons. The van der Waals surface area contributed by atoms with Gasteiger partial charge in [-0.25, -0.2) is 4.68 Å². The summed E-state index contributed by atoms with van der Waals surface area (Å²) in [6.07, 6.45) is 7.08. The van der Waals surface area contributed by atoms with Crippen molar-refractivity contribution in [1.29, 1.82) is 0 Å². The van der Waals surface area contributed by atoms with E-state index in [2.05, 4.69) is 110 Å². The molecule has 3 aromatic rings. The first-order valence-corrected chi connectivity index (χ1v) is 13.0. The van der Waals surface area contributed by atoms with Gasteiger partial charge in [-0.1, -0.05) is 72.8 Å². The van der Waals surface area contributed by atoms with Crippen LogP contribution in [-0.4, -0.2) is 86.8 Å². The second kappa shape index (κ2) is 11.7. The van der Waals surface area contributed by atoms with Crippen molar-refractivity contribution in [1.82, 2.24) is 34.9 Å². The molecule has 7 heteroatoms. The maximum atomic E-state index is 4.55.